The Morgan fingerprint density at radius 1 is 0.879 bits per heavy atom. The minimum Gasteiger partial charge on any atom is -0.484 e. The van der Waals surface area contributed by atoms with Crippen LogP contribution >= 0.6 is 0 Å². The van der Waals surface area contributed by atoms with Gasteiger partial charge in [0.25, 0.3) is 15.9 Å². The van der Waals surface area contributed by atoms with Crippen molar-refractivity contribution in [2.75, 3.05) is 11.3 Å². The molecule has 3 rings (SSSR count). The summed E-state index contributed by atoms with van der Waals surface area (Å²) < 4.78 is 81.1. The van der Waals surface area contributed by atoms with Crippen molar-refractivity contribution in [3.8, 4) is 5.75 Å². The highest BCUT2D eigenvalue weighted by atomic mass is 32.2. The molecule has 0 aliphatic rings. The molecule has 0 radical (unpaired) electrons. The number of hydrogen-bond donors (Lipinski definition) is 2. The molecule has 0 heterocycles. The Bertz CT molecular complexity index is 1200. The highest BCUT2D eigenvalue weighted by Gasteiger charge is 2.28. The van der Waals surface area contributed by atoms with Crippen LogP contribution in [0.5, 0.6) is 5.75 Å². The number of carbonyl (C=O) groups is 1. The minimum atomic E-state index is -4.43. The molecule has 0 saturated heterocycles. The number of nitrogens with one attached hydrogen (secondary N) is 2. The van der Waals surface area contributed by atoms with Gasteiger partial charge in [0, 0.05) is 17.8 Å². The van der Waals surface area contributed by atoms with E-state index in [1.54, 1.807) is 0 Å². The number of rotatable bonds is 8. The summed E-state index contributed by atoms with van der Waals surface area (Å²) in [7, 11) is -3.92. The lowest BCUT2D eigenvalue weighted by Crippen LogP contribution is -2.23. The van der Waals surface area contributed by atoms with Crippen LogP contribution in [0.15, 0.2) is 77.7 Å². The highest BCUT2D eigenvalue weighted by Crippen LogP contribution is 2.19. The van der Waals surface area contributed by atoms with Gasteiger partial charge in [-0.15, -0.1) is 0 Å². The zero-order valence-corrected chi connectivity index (χ0v) is 17.7. The normalized spacial score (nSPS) is 11.6. The molecule has 33 heavy (non-hydrogen) atoms. The molecule has 6 nitrogen and oxygen atoms in total. The van der Waals surface area contributed by atoms with Crippen LogP contribution in [0.25, 0.3) is 0 Å². The number of anilines is 1. The maximum absolute atomic E-state index is 13.0. The second-order valence-electron chi connectivity index (χ2n) is 6.87. The van der Waals surface area contributed by atoms with Crippen molar-refractivity contribution in [1.29, 1.82) is 0 Å². The van der Waals surface area contributed by atoms with E-state index in [1.807, 2.05) is 0 Å². The Kier molecular flexibility index (Phi) is 7.22. The second-order valence-corrected chi connectivity index (χ2v) is 8.55. The molecule has 0 spiro atoms. The van der Waals surface area contributed by atoms with E-state index in [0.29, 0.717) is 5.56 Å². The van der Waals surface area contributed by atoms with E-state index in [0.717, 1.165) is 24.3 Å². The van der Waals surface area contributed by atoms with Crippen molar-refractivity contribution in [2.45, 2.75) is 17.6 Å². The van der Waals surface area contributed by atoms with Crippen molar-refractivity contribution in [3.63, 3.8) is 0 Å². The molecule has 0 aromatic heterocycles. The first kappa shape index (κ1) is 24.1. The number of amides is 1. The maximum atomic E-state index is 13.0. The Labute approximate surface area is 187 Å². The van der Waals surface area contributed by atoms with E-state index < -0.39 is 34.5 Å². The van der Waals surface area contributed by atoms with Crippen LogP contribution in [0.1, 0.15) is 15.9 Å². The standard InChI is InChI=1S/C22H18F4N2O4S/c23-17-5-11-20(12-6-17)33(30,31)28-18-7-3-16(4-8-18)21(29)27-13-15-1-9-19(10-2-15)32-14-22(24,25)26/h1-12,28H,13-14H2,(H,27,29). The van der Waals surface area contributed by atoms with Gasteiger partial charge in [0.15, 0.2) is 6.61 Å². The van der Waals surface area contributed by atoms with Crippen molar-refractivity contribution < 1.29 is 35.5 Å². The van der Waals surface area contributed by atoms with E-state index in [4.69, 9.17) is 0 Å². The van der Waals surface area contributed by atoms with Crippen molar-refractivity contribution in [3.05, 3.63) is 89.7 Å². The summed E-state index contributed by atoms with van der Waals surface area (Å²) in [6, 6.07) is 15.8. The summed E-state index contributed by atoms with van der Waals surface area (Å²) in [6.45, 7) is -1.27. The lowest BCUT2D eigenvalue weighted by Gasteiger charge is -2.11. The van der Waals surface area contributed by atoms with E-state index in [-0.39, 0.29) is 28.4 Å². The summed E-state index contributed by atoms with van der Waals surface area (Å²) >= 11 is 0. The van der Waals surface area contributed by atoms with Crippen LogP contribution in [0, 0.1) is 5.82 Å². The van der Waals surface area contributed by atoms with Gasteiger partial charge in [0.05, 0.1) is 4.90 Å². The fourth-order valence-corrected chi connectivity index (χ4v) is 3.73. The van der Waals surface area contributed by atoms with Crippen LogP contribution in [0.4, 0.5) is 23.2 Å². The van der Waals surface area contributed by atoms with Gasteiger partial charge in [-0.3, -0.25) is 9.52 Å². The third-order valence-corrected chi connectivity index (χ3v) is 5.70. The first-order valence-electron chi connectivity index (χ1n) is 9.47. The van der Waals surface area contributed by atoms with Crippen LogP contribution < -0.4 is 14.8 Å². The molecule has 0 aliphatic heterocycles. The largest absolute Gasteiger partial charge is 0.484 e. The third-order valence-electron chi connectivity index (χ3n) is 4.30. The molecule has 1 amide bonds. The Hall–Kier alpha value is -3.60. The predicted octanol–water partition coefficient (Wildman–Crippen LogP) is 4.50. The molecule has 3 aromatic carbocycles. The molecule has 2 N–H and O–H groups in total. The van der Waals surface area contributed by atoms with E-state index >= 15 is 0 Å². The van der Waals surface area contributed by atoms with Crippen LogP contribution in [0.2, 0.25) is 0 Å². The fourth-order valence-electron chi connectivity index (χ4n) is 2.67. The van der Waals surface area contributed by atoms with Gasteiger partial charge < -0.3 is 10.1 Å². The lowest BCUT2D eigenvalue weighted by molar-refractivity contribution is -0.153. The van der Waals surface area contributed by atoms with Crippen molar-refractivity contribution in [1.82, 2.24) is 5.32 Å². The number of alkyl halides is 3. The zero-order chi connectivity index (χ0) is 24.1. The maximum Gasteiger partial charge on any atom is 0.422 e. The fraction of sp³-hybridized carbons (Fsp3) is 0.136. The van der Waals surface area contributed by atoms with Crippen molar-refractivity contribution in [2.24, 2.45) is 0 Å². The summed E-state index contributed by atoms with van der Waals surface area (Å²) in [5.74, 6) is -0.934. The first-order valence-corrected chi connectivity index (χ1v) is 11.0. The number of benzene rings is 3. The van der Waals surface area contributed by atoms with E-state index in [9.17, 15) is 30.8 Å². The number of sulfonamides is 1. The third kappa shape index (κ3) is 7.21. The van der Waals surface area contributed by atoms with Crippen LogP contribution in [0.3, 0.4) is 0 Å². The van der Waals surface area contributed by atoms with Crippen LogP contribution in [-0.4, -0.2) is 27.1 Å². The quantitative estimate of drug-likeness (QED) is 0.463. The molecule has 0 bridgehead atoms. The van der Waals surface area contributed by atoms with Gasteiger partial charge in [-0.25, -0.2) is 12.8 Å². The Morgan fingerprint density at radius 3 is 2.06 bits per heavy atom. The molecule has 11 heteroatoms. The van der Waals surface area contributed by atoms with Gasteiger partial charge >= 0.3 is 6.18 Å². The zero-order valence-electron chi connectivity index (χ0n) is 16.9. The highest BCUT2D eigenvalue weighted by molar-refractivity contribution is 7.92. The molecule has 0 aliphatic carbocycles. The van der Waals surface area contributed by atoms with Crippen LogP contribution in [-0.2, 0) is 16.6 Å². The van der Waals surface area contributed by atoms with Gasteiger partial charge in [-0.05, 0) is 66.2 Å². The monoisotopic (exact) mass is 482 g/mol. The summed E-state index contributed by atoms with van der Waals surface area (Å²) in [5, 5.41) is 2.66. The first-order chi connectivity index (χ1) is 15.5. The topological polar surface area (TPSA) is 84.5 Å². The number of halogens is 4. The van der Waals surface area contributed by atoms with Gasteiger partial charge in [0.1, 0.15) is 11.6 Å². The average molecular weight is 482 g/mol. The SMILES string of the molecule is O=C(NCc1ccc(OCC(F)(F)F)cc1)c1ccc(NS(=O)(=O)c2ccc(F)cc2)cc1. The van der Waals surface area contributed by atoms with E-state index in [2.05, 4.69) is 14.8 Å². The van der Waals surface area contributed by atoms with Gasteiger partial charge in [0.2, 0.25) is 0 Å². The molecular weight excluding hydrogens is 464 g/mol. The number of carbonyl (C=O) groups excluding carboxylic acids is 1. The summed E-state index contributed by atoms with van der Waals surface area (Å²) in [5.41, 5.74) is 1.13. The number of hydrogen-bond acceptors (Lipinski definition) is 4. The molecule has 0 saturated carbocycles. The van der Waals surface area contributed by atoms with Gasteiger partial charge in [-0.1, -0.05) is 12.1 Å². The van der Waals surface area contributed by atoms with E-state index in [1.165, 1.54) is 48.5 Å². The summed E-state index contributed by atoms with van der Waals surface area (Å²) in [6.07, 6.45) is -4.43. The van der Waals surface area contributed by atoms with Crippen molar-refractivity contribution >= 4 is 21.6 Å². The number of ether oxygens (including phenoxy) is 1. The Balaban J connectivity index is 1.54. The molecule has 3 aromatic rings. The summed E-state index contributed by atoms with van der Waals surface area (Å²) in [4.78, 5) is 12.2. The molecular formula is C22H18F4N2O4S. The molecule has 0 fully saturated rings. The smallest absolute Gasteiger partial charge is 0.422 e. The lowest BCUT2D eigenvalue weighted by atomic mass is 10.2. The minimum absolute atomic E-state index is 0.0566. The Morgan fingerprint density at radius 2 is 1.48 bits per heavy atom. The average Bonchev–Trinajstić information content (AvgIpc) is 2.77. The second kappa shape index (κ2) is 9.90. The molecule has 174 valence electrons. The van der Waals surface area contributed by atoms with Gasteiger partial charge in [-0.2, -0.15) is 13.2 Å². The molecule has 0 unspecified atom stereocenters. The molecule has 0 atom stereocenters. The predicted molar refractivity (Wildman–Crippen MR) is 113 cm³/mol.